The fourth-order valence-electron chi connectivity index (χ4n) is 9.96. The SMILES string of the molecule is C=CCOC12Oc3ccc(Oc4ccc(OC)c(C=O)c4)cc3C3C(CCCCO)C(CCCCO)C=C(C(=NOC(C)(C)C)CC1N(CCC)S(=O)(=O)c1cccc4cccnc14)C32. The zero-order valence-electron chi connectivity index (χ0n) is 38.1. The van der Waals surface area contributed by atoms with Crippen LogP contribution in [0.15, 0.2) is 107 Å². The van der Waals surface area contributed by atoms with Crippen molar-refractivity contribution in [3.63, 3.8) is 0 Å². The minimum absolute atomic E-state index is 0.00511. The van der Waals surface area contributed by atoms with Gasteiger partial charge in [0.05, 0.1) is 42.5 Å². The summed E-state index contributed by atoms with van der Waals surface area (Å²) in [4.78, 5) is 22.9. The van der Waals surface area contributed by atoms with E-state index in [4.69, 9.17) is 28.9 Å². The molecule has 2 N–H and O–H groups in total. The van der Waals surface area contributed by atoms with Crippen LogP contribution >= 0.6 is 0 Å². The maximum Gasteiger partial charge on any atom is 0.245 e. The summed E-state index contributed by atoms with van der Waals surface area (Å²) in [5.74, 6) is -0.746. The highest BCUT2D eigenvalue weighted by molar-refractivity contribution is 7.89. The highest BCUT2D eigenvalue weighted by Crippen LogP contribution is 2.62. The van der Waals surface area contributed by atoms with Crippen molar-refractivity contribution >= 4 is 32.9 Å². The van der Waals surface area contributed by atoms with Crippen molar-refractivity contribution in [1.29, 1.82) is 0 Å². The molecule has 0 radical (unpaired) electrons. The van der Waals surface area contributed by atoms with Gasteiger partial charge in [0.25, 0.3) is 0 Å². The molecule has 6 unspecified atom stereocenters. The Hall–Kier alpha value is -5.12. The van der Waals surface area contributed by atoms with E-state index in [2.05, 4.69) is 17.6 Å². The number of allylic oxidation sites excluding steroid dienone is 1. The van der Waals surface area contributed by atoms with Gasteiger partial charge in [0.1, 0.15) is 33.5 Å². The van der Waals surface area contributed by atoms with Crippen molar-refractivity contribution in [1.82, 2.24) is 9.29 Å². The number of aliphatic hydroxyl groups is 2. The Bertz CT molecular complexity index is 2500. The standard InChI is InChI=1S/C51H63N3O10S/c1-7-25-54(65(58,59)45-19-13-16-34-17-14-24-52-49(34)45)46-32-42(53-64-50(3,4)5)40-30-35(15-9-11-26-55)39(18-10-12-27-56)47-41-31-38(62-37-20-22-43(60-6)36(29-37)33-57)21-23-44(41)63-51(46,48(40)47)61-28-8-2/h8,13-14,16-17,19-24,29-31,33,35,39,46-48,55-56H,2,7,9-12,15,18,25-28,32H2,1,3-6H3. The average Bonchev–Trinajstić information content (AvgIpc) is 3.30. The van der Waals surface area contributed by atoms with Crippen LogP contribution in [0, 0.1) is 17.8 Å². The molecule has 3 aliphatic rings. The van der Waals surface area contributed by atoms with E-state index in [0.717, 1.165) is 43.1 Å². The molecule has 1 saturated carbocycles. The van der Waals surface area contributed by atoms with Crippen molar-refractivity contribution in [2.75, 3.05) is 33.5 Å². The van der Waals surface area contributed by atoms with Crippen LogP contribution < -0.4 is 14.2 Å². The molecule has 1 aliphatic heterocycles. The number of methoxy groups -OCH3 is 1. The smallest absolute Gasteiger partial charge is 0.245 e. The highest BCUT2D eigenvalue weighted by Gasteiger charge is 2.66. The molecule has 1 fully saturated rings. The number of pyridine rings is 1. The molecule has 6 atom stereocenters. The Morgan fingerprint density at radius 1 is 1.00 bits per heavy atom. The lowest BCUT2D eigenvalue weighted by molar-refractivity contribution is -0.251. The lowest BCUT2D eigenvalue weighted by atomic mass is 9.55. The third kappa shape index (κ3) is 9.88. The Balaban J connectivity index is 1.50. The number of sulfonamides is 1. The van der Waals surface area contributed by atoms with Crippen LogP contribution in [0.3, 0.4) is 0 Å². The number of carbonyl (C=O) groups excluding carboxylic acids is 1. The normalized spacial score (nSPS) is 23.3. The Morgan fingerprint density at radius 2 is 1.74 bits per heavy atom. The lowest BCUT2D eigenvalue weighted by Crippen LogP contribution is -2.70. The van der Waals surface area contributed by atoms with E-state index in [1.54, 1.807) is 54.7 Å². The number of hydrogen-bond acceptors (Lipinski definition) is 12. The summed E-state index contributed by atoms with van der Waals surface area (Å²) in [6, 6.07) is 18.5. The molecular weight excluding hydrogens is 847 g/mol. The molecule has 2 aliphatic carbocycles. The number of hydrogen-bond donors (Lipinski definition) is 2. The second-order valence-electron chi connectivity index (χ2n) is 18.0. The first-order valence-electron chi connectivity index (χ1n) is 22.8. The van der Waals surface area contributed by atoms with Crippen LogP contribution in [0.2, 0.25) is 0 Å². The van der Waals surface area contributed by atoms with Crippen LogP contribution in [-0.4, -0.2) is 90.8 Å². The molecule has 7 rings (SSSR count). The summed E-state index contributed by atoms with van der Waals surface area (Å²) >= 11 is 0. The predicted molar refractivity (Wildman–Crippen MR) is 250 cm³/mol. The van der Waals surface area contributed by atoms with E-state index in [0.29, 0.717) is 64.4 Å². The Labute approximate surface area is 383 Å². The zero-order valence-corrected chi connectivity index (χ0v) is 39.0. The average molecular weight is 910 g/mol. The summed E-state index contributed by atoms with van der Waals surface area (Å²) in [5, 5.41) is 25.6. The molecule has 13 nitrogen and oxygen atoms in total. The van der Waals surface area contributed by atoms with Crippen molar-refractivity contribution in [3.05, 3.63) is 108 Å². The zero-order chi connectivity index (χ0) is 46.4. The highest BCUT2D eigenvalue weighted by atomic mass is 32.2. The molecule has 14 heteroatoms. The minimum Gasteiger partial charge on any atom is -0.496 e. The first kappa shape index (κ1) is 47.8. The lowest BCUT2D eigenvalue weighted by Gasteiger charge is -2.59. The Kier molecular flexibility index (Phi) is 15.2. The summed E-state index contributed by atoms with van der Waals surface area (Å²) < 4.78 is 59.0. The minimum atomic E-state index is -4.32. The largest absolute Gasteiger partial charge is 0.496 e. The molecule has 0 saturated heterocycles. The monoisotopic (exact) mass is 909 g/mol. The number of rotatable bonds is 21. The van der Waals surface area contributed by atoms with Gasteiger partial charge >= 0.3 is 0 Å². The van der Waals surface area contributed by atoms with E-state index < -0.39 is 33.4 Å². The Morgan fingerprint density at radius 3 is 2.45 bits per heavy atom. The fraction of sp³-hybridized carbons (Fsp3) is 0.471. The molecule has 2 heterocycles. The van der Waals surface area contributed by atoms with Gasteiger partial charge < -0.3 is 34.0 Å². The van der Waals surface area contributed by atoms with Gasteiger partial charge in [0, 0.05) is 49.2 Å². The summed E-state index contributed by atoms with van der Waals surface area (Å²) in [7, 11) is -2.81. The predicted octanol–water partition coefficient (Wildman–Crippen LogP) is 9.38. The van der Waals surface area contributed by atoms with E-state index in [-0.39, 0.29) is 55.4 Å². The third-order valence-electron chi connectivity index (χ3n) is 12.6. The van der Waals surface area contributed by atoms with E-state index >= 15 is 8.42 Å². The first-order valence-corrected chi connectivity index (χ1v) is 24.2. The van der Waals surface area contributed by atoms with Gasteiger partial charge in [-0.3, -0.25) is 9.78 Å². The van der Waals surface area contributed by atoms with Gasteiger partial charge in [-0.25, -0.2) is 8.42 Å². The number of oxime groups is 1. The number of aldehydes is 1. The number of aromatic nitrogens is 1. The molecule has 0 bridgehead atoms. The van der Waals surface area contributed by atoms with Crippen LogP contribution in [0.4, 0.5) is 0 Å². The molecule has 65 heavy (non-hydrogen) atoms. The second kappa shape index (κ2) is 20.6. The van der Waals surface area contributed by atoms with Crippen molar-refractivity contribution in [3.8, 4) is 23.0 Å². The van der Waals surface area contributed by atoms with Gasteiger partial charge in [0.2, 0.25) is 15.8 Å². The molecular formula is C51H63N3O10S. The quantitative estimate of drug-likeness (QED) is 0.0354. The number of para-hydroxylation sites is 1. The van der Waals surface area contributed by atoms with Gasteiger partial charge in [-0.05, 0) is 119 Å². The number of aliphatic hydroxyl groups excluding tert-OH is 2. The van der Waals surface area contributed by atoms with Crippen LogP contribution in [0.5, 0.6) is 23.0 Å². The van der Waals surface area contributed by atoms with Crippen LogP contribution in [0.1, 0.15) is 101 Å². The maximum absolute atomic E-state index is 15.6. The number of nitrogens with zero attached hydrogens (tertiary/aromatic N) is 3. The molecule has 4 aromatic rings. The number of ether oxygens (including phenoxy) is 4. The number of benzene rings is 3. The summed E-state index contributed by atoms with van der Waals surface area (Å²) in [6.07, 6.45) is 11.1. The molecule has 1 aromatic heterocycles. The number of carbonyl (C=O) groups is 1. The van der Waals surface area contributed by atoms with E-state index in [1.165, 1.54) is 11.4 Å². The van der Waals surface area contributed by atoms with Gasteiger partial charge in [-0.2, -0.15) is 4.31 Å². The van der Waals surface area contributed by atoms with Crippen molar-refractivity contribution in [2.24, 2.45) is 22.9 Å². The summed E-state index contributed by atoms with van der Waals surface area (Å²) in [5.41, 5.74) is 2.34. The topological polar surface area (TPSA) is 166 Å². The molecule has 0 spiro atoms. The molecule has 348 valence electrons. The van der Waals surface area contributed by atoms with E-state index in [9.17, 15) is 15.0 Å². The van der Waals surface area contributed by atoms with Gasteiger partial charge in [-0.1, -0.05) is 55.3 Å². The fourth-order valence-corrected chi connectivity index (χ4v) is 11.9. The first-order chi connectivity index (χ1) is 31.3. The van der Waals surface area contributed by atoms with E-state index in [1.807, 2.05) is 52.0 Å². The van der Waals surface area contributed by atoms with Gasteiger partial charge in [0.15, 0.2) is 6.29 Å². The van der Waals surface area contributed by atoms with Crippen molar-refractivity contribution in [2.45, 2.75) is 107 Å². The summed E-state index contributed by atoms with van der Waals surface area (Å²) in [6.45, 7) is 12.0. The van der Waals surface area contributed by atoms with Crippen LogP contribution in [-0.2, 0) is 19.6 Å². The van der Waals surface area contributed by atoms with Crippen molar-refractivity contribution < 1.29 is 47.2 Å². The van der Waals surface area contributed by atoms with Crippen LogP contribution in [0.25, 0.3) is 10.9 Å². The molecule has 3 aromatic carbocycles. The molecule has 0 amide bonds. The number of unbranched alkanes of at least 4 members (excludes halogenated alkanes) is 2. The number of fused-ring (bicyclic) bond motifs is 3. The third-order valence-corrected chi connectivity index (χ3v) is 14.6. The second-order valence-corrected chi connectivity index (χ2v) is 19.9. The van der Waals surface area contributed by atoms with Gasteiger partial charge in [-0.15, -0.1) is 6.58 Å². The maximum atomic E-state index is 15.6.